The van der Waals surface area contributed by atoms with E-state index >= 15 is 0 Å². The summed E-state index contributed by atoms with van der Waals surface area (Å²) in [5.41, 5.74) is 0.308. The standard InChI is InChI=1S/C13H15ClFNO3/c14-9-5-8(6-10(15)7-9)12(17)11-3-1-2-4-16(11)13(18)19/h5-7,11-12,17H,1-4H2,(H,18,19)/t11-,12+/m1/s1. The molecule has 1 saturated heterocycles. The molecule has 4 nitrogen and oxygen atoms in total. The third kappa shape index (κ3) is 3.16. The Kier molecular flexibility index (Phi) is 4.27. The average Bonchev–Trinajstić information content (AvgIpc) is 2.36. The number of hydrogen-bond donors (Lipinski definition) is 2. The van der Waals surface area contributed by atoms with Gasteiger partial charge in [-0.25, -0.2) is 9.18 Å². The lowest BCUT2D eigenvalue weighted by Gasteiger charge is -2.36. The third-order valence-corrected chi connectivity index (χ3v) is 3.60. The largest absolute Gasteiger partial charge is 0.465 e. The molecular weight excluding hydrogens is 273 g/mol. The second-order valence-electron chi connectivity index (χ2n) is 4.69. The lowest BCUT2D eigenvalue weighted by Crippen LogP contribution is -2.46. The zero-order valence-electron chi connectivity index (χ0n) is 10.2. The van der Waals surface area contributed by atoms with Crippen LogP contribution in [0.5, 0.6) is 0 Å². The Hall–Kier alpha value is -1.33. The predicted molar refractivity (Wildman–Crippen MR) is 68.7 cm³/mol. The molecule has 0 saturated carbocycles. The summed E-state index contributed by atoms with van der Waals surface area (Å²) in [6.07, 6.45) is 0.0473. The number of halogens is 2. The van der Waals surface area contributed by atoms with E-state index in [1.54, 1.807) is 0 Å². The fourth-order valence-electron chi connectivity index (χ4n) is 2.49. The van der Waals surface area contributed by atoms with Crippen molar-refractivity contribution in [2.45, 2.75) is 31.4 Å². The molecule has 0 aliphatic carbocycles. The zero-order chi connectivity index (χ0) is 14.0. The molecule has 1 aliphatic heterocycles. The van der Waals surface area contributed by atoms with E-state index in [4.69, 9.17) is 16.7 Å². The highest BCUT2D eigenvalue weighted by Crippen LogP contribution is 2.30. The number of nitrogens with zero attached hydrogens (tertiary/aromatic N) is 1. The van der Waals surface area contributed by atoms with E-state index in [1.807, 2.05) is 0 Å². The van der Waals surface area contributed by atoms with Gasteiger partial charge in [0.05, 0.1) is 12.1 Å². The molecule has 2 rings (SSSR count). The van der Waals surface area contributed by atoms with Gasteiger partial charge in [0.1, 0.15) is 5.82 Å². The van der Waals surface area contributed by atoms with Crippen LogP contribution in [0.3, 0.4) is 0 Å². The van der Waals surface area contributed by atoms with Crippen LogP contribution < -0.4 is 0 Å². The van der Waals surface area contributed by atoms with E-state index in [2.05, 4.69) is 0 Å². The molecule has 6 heteroatoms. The monoisotopic (exact) mass is 287 g/mol. The highest BCUT2D eigenvalue weighted by atomic mass is 35.5. The Morgan fingerprint density at radius 2 is 2.16 bits per heavy atom. The fraction of sp³-hybridized carbons (Fsp3) is 0.462. The number of carbonyl (C=O) groups is 1. The molecule has 2 atom stereocenters. The normalized spacial score (nSPS) is 21.2. The Morgan fingerprint density at radius 1 is 1.42 bits per heavy atom. The van der Waals surface area contributed by atoms with Crippen molar-refractivity contribution in [2.24, 2.45) is 0 Å². The van der Waals surface area contributed by atoms with E-state index in [0.717, 1.165) is 18.9 Å². The molecule has 19 heavy (non-hydrogen) atoms. The summed E-state index contributed by atoms with van der Waals surface area (Å²) in [7, 11) is 0. The summed E-state index contributed by atoms with van der Waals surface area (Å²) in [5.74, 6) is -0.542. The van der Waals surface area contributed by atoms with Gasteiger partial charge in [-0.1, -0.05) is 11.6 Å². The van der Waals surface area contributed by atoms with Crippen LogP contribution in [-0.4, -0.2) is 33.8 Å². The van der Waals surface area contributed by atoms with Crippen LogP contribution in [0.25, 0.3) is 0 Å². The van der Waals surface area contributed by atoms with Crippen molar-refractivity contribution in [1.82, 2.24) is 4.90 Å². The molecule has 0 radical (unpaired) electrons. The predicted octanol–water partition coefficient (Wildman–Crippen LogP) is 3.05. The number of aliphatic hydroxyl groups is 1. The second kappa shape index (κ2) is 5.75. The first-order valence-corrected chi connectivity index (χ1v) is 6.50. The van der Waals surface area contributed by atoms with Gasteiger partial charge in [0.25, 0.3) is 0 Å². The van der Waals surface area contributed by atoms with Crippen LogP contribution in [0.2, 0.25) is 5.02 Å². The molecule has 1 heterocycles. The van der Waals surface area contributed by atoms with Gasteiger partial charge >= 0.3 is 6.09 Å². The maximum atomic E-state index is 13.3. The third-order valence-electron chi connectivity index (χ3n) is 3.39. The van der Waals surface area contributed by atoms with Gasteiger partial charge in [0.15, 0.2) is 0 Å². The van der Waals surface area contributed by atoms with E-state index in [9.17, 15) is 14.3 Å². The Labute approximate surface area is 115 Å². The second-order valence-corrected chi connectivity index (χ2v) is 5.12. The van der Waals surface area contributed by atoms with Crippen LogP contribution in [0.15, 0.2) is 18.2 Å². The summed E-state index contributed by atoms with van der Waals surface area (Å²) in [6, 6.07) is 3.24. The highest BCUT2D eigenvalue weighted by molar-refractivity contribution is 6.30. The number of piperidine rings is 1. The summed E-state index contributed by atoms with van der Waals surface area (Å²) in [6.45, 7) is 0.389. The van der Waals surface area contributed by atoms with Crippen LogP contribution in [-0.2, 0) is 0 Å². The molecule has 1 aromatic rings. The minimum Gasteiger partial charge on any atom is -0.465 e. The fourth-order valence-corrected chi connectivity index (χ4v) is 2.72. The summed E-state index contributed by atoms with van der Waals surface area (Å²) >= 11 is 5.75. The molecule has 1 amide bonds. The first kappa shape index (κ1) is 14.1. The van der Waals surface area contributed by atoms with Crippen molar-refractivity contribution in [1.29, 1.82) is 0 Å². The van der Waals surface area contributed by atoms with Gasteiger partial charge < -0.3 is 15.1 Å². The molecule has 0 bridgehead atoms. The first-order chi connectivity index (χ1) is 8.99. The molecular formula is C13H15ClFNO3. The smallest absolute Gasteiger partial charge is 0.407 e. The summed E-state index contributed by atoms with van der Waals surface area (Å²) in [5, 5.41) is 19.6. The number of amides is 1. The number of carboxylic acid groups (broad SMARTS) is 1. The minimum absolute atomic E-state index is 0.187. The van der Waals surface area contributed by atoms with Crippen molar-refractivity contribution in [3.63, 3.8) is 0 Å². The van der Waals surface area contributed by atoms with Gasteiger partial charge in [-0.2, -0.15) is 0 Å². The molecule has 1 aromatic carbocycles. The van der Waals surface area contributed by atoms with E-state index in [1.165, 1.54) is 17.0 Å². The maximum absolute atomic E-state index is 13.3. The van der Waals surface area contributed by atoms with Gasteiger partial charge in [0.2, 0.25) is 0 Å². The number of likely N-dealkylation sites (tertiary alicyclic amines) is 1. The van der Waals surface area contributed by atoms with Crippen molar-refractivity contribution in [2.75, 3.05) is 6.54 Å². The average molecular weight is 288 g/mol. The molecule has 0 aromatic heterocycles. The summed E-state index contributed by atoms with van der Waals surface area (Å²) < 4.78 is 13.3. The molecule has 104 valence electrons. The maximum Gasteiger partial charge on any atom is 0.407 e. The van der Waals surface area contributed by atoms with Gasteiger partial charge in [-0.05, 0) is 43.0 Å². The molecule has 0 spiro atoms. The van der Waals surface area contributed by atoms with E-state index < -0.39 is 24.1 Å². The number of benzene rings is 1. The Balaban J connectivity index is 2.25. The van der Waals surface area contributed by atoms with Crippen LogP contribution in [0, 0.1) is 5.82 Å². The Bertz CT molecular complexity index is 463. The van der Waals surface area contributed by atoms with Crippen molar-refractivity contribution >= 4 is 17.7 Å². The lowest BCUT2D eigenvalue weighted by molar-refractivity contribution is 0.0284. The van der Waals surface area contributed by atoms with Gasteiger partial charge in [0, 0.05) is 11.6 Å². The van der Waals surface area contributed by atoms with Crippen molar-refractivity contribution in [3.8, 4) is 0 Å². The molecule has 1 fully saturated rings. The number of rotatable bonds is 2. The molecule has 1 aliphatic rings. The van der Waals surface area contributed by atoms with Crippen LogP contribution >= 0.6 is 11.6 Å². The number of hydrogen-bond acceptors (Lipinski definition) is 2. The molecule has 0 unspecified atom stereocenters. The van der Waals surface area contributed by atoms with Crippen molar-refractivity contribution in [3.05, 3.63) is 34.6 Å². The summed E-state index contributed by atoms with van der Waals surface area (Å²) in [4.78, 5) is 12.4. The SMILES string of the molecule is O=C(O)N1CCCC[C@@H]1[C@@H](O)c1cc(F)cc(Cl)c1. The lowest BCUT2D eigenvalue weighted by atomic mass is 9.93. The van der Waals surface area contributed by atoms with Gasteiger partial charge in [-0.3, -0.25) is 0 Å². The van der Waals surface area contributed by atoms with Crippen molar-refractivity contribution < 1.29 is 19.4 Å². The molecule has 2 N–H and O–H groups in total. The highest BCUT2D eigenvalue weighted by Gasteiger charge is 2.33. The first-order valence-electron chi connectivity index (χ1n) is 6.12. The number of aliphatic hydroxyl groups excluding tert-OH is 1. The Morgan fingerprint density at radius 3 is 2.79 bits per heavy atom. The van der Waals surface area contributed by atoms with E-state index in [0.29, 0.717) is 18.5 Å². The van der Waals surface area contributed by atoms with Gasteiger partial charge in [-0.15, -0.1) is 0 Å². The van der Waals surface area contributed by atoms with E-state index in [-0.39, 0.29) is 5.02 Å². The van der Waals surface area contributed by atoms with Crippen LogP contribution in [0.1, 0.15) is 30.9 Å². The van der Waals surface area contributed by atoms with Crippen LogP contribution in [0.4, 0.5) is 9.18 Å². The quantitative estimate of drug-likeness (QED) is 0.879. The zero-order valence-corrected chi connectivity index (χ0v) is 11.0. The minimum atomic E-state index is -1.07. The topological polar surface area (TPSA) is 60.8 Å².